The highest BCUT2D eigenvalue weighted by Crippen LogP contribution is 2.56. The summed E-state index contributed by atoms with van der Waals surface area (Å²) in [6, 6.07) is 16.8. The highest BCUT2D eigenvalue weighted by molar-refractivity contribution is 6.31. The van der Waals surface area contributed by atoms with Crippen LogP contribution in [-0.2, 0) is 5.41 Å². The maximum absolute atomic E-state index is 6.19. The molecule has 0 aliphatic heterocycles. The molecule has 2 aromatic carbocycles. The van der Waals surface area contributed by atoms with Crippen molar-refractivity contribution in [1.29, 1.82) is 0 Å². The fourth-order valence-electron chi connectivity index (χ4n) is 3.19. The molecule has 104 valence electrons. The molecule has 3 heteroatoms. The molecule has 1 nitrogen and oxygen atoms in total. The predicted octanol–water partition coefficient (Wildman–Crippen LogP) is 4.61. The summed E-state index contributed by atoms with van der Waals surface area (Å²) >= 11 is 12.4. The van der Waals surface area contributed by atoms with Crippen LogP contribution in [0.5, 0.6) is 0 Å². The van der Waals surface area contributed by atoms with Crippen molar-refractivity contribution >= 4 is 23.2 Å². The lowest BCUT2D eigenvalue weighted by molar-refractivity contribution is 0.374. The van der Waals surface area contributed by atoms with Crippen molar-refractivity contribution in [2.24, 2.45) is 0 Å². The molecule has 0 radical (unpaired) electrons. The summed E-state index contributed by atoms with van der Waals surface area (Å²) in [6.07, 6.45) is 1.10. The third kappa shape index (κ3) is 2.24. The number of hydrogen-bond donors (Lipinski definition) is 0. The minimum atomic E-state index is 0.0132. The Morgan fingerprint density at radius 3 is 1.80 bits per heavy atom. The van der Waals surface area contributed by atoms with E-state index in [0.717, 1.165) is 16.5 Å². The molecule has 1 saturated carbocycles. The zero-order chi connectivity index (χ0) is 14.3. The normalized spacial score (nSPS) is 20.1. The highest BCUT2D eigenvalue weighted by Gasteiger charge is 2.57. The molecule has 3 rings (SSSR count). The maximum Gasteiger partial charge on any atom is 0.0409 e. The number of halogens is 2. The molecule has 0 heterocycles. The first-order valence-electron chi connectivity index (χ1n) is 6.72. The summed E-state index contributed by atoms with van der Waals surface area (Å²) in [5.74, 6) is 0. The zero-order valence-corrected chi connectivity index (χ0v) is 13.1. The van der Waals surface area contributed by atoms with E-state index in [1.165, 1.54) is 11.1 Å². The monoisotopic (exact) mass is 305 g/mol. The zero-order valence-electron chi connectivity index (χ0n) is 11.6. The van der Waals surface area contributed by atoms with E-state index in [9.17, 15) is 0 Å². The van der Waals surface area contributed by atoms with E-state index in [1.807, 2.05) is 24.3 Å². The molecule has 1 unspecified atom stereocenters. The second-order valence-electron chi connectivity index (χ2n) is 5.68. The Bertz CT molecular complexity index is 591. The molecule has 0 amide bonds. The van der Waals surface area contributed by atoms with Gasteiger partial charge in [0.15, 0.2) is 0 Å². The van der Waals surface area contributed by atoms with Crippen LogP contribution in [0.25, 0.3) is 0 Å². The van der Waals surface area contributed by atoms with Gasteiger partial charge in [0.05, 0.1) is 0 Å². The molecule has 20 heavy (non-hydrogen) atoms. The van der Waals surface area contributed by atoms with E-state index in [4.69, 9.17) is 23.2 Å². The van der Waals surface area contributed by atoms with Crippen LogP contribution >= 0.6 is 23.2 Å². The minimum absolute atomic E-state index is 0.0132. The average Bonchev–Trinajstić information content (AvgIpc) is 3.15. The van der Waals surface area contributed by atoms with E-state index in [2.05, 4.69) is 43.3 Å². The number of hydrogen-bond acceptors (Lipinski definition) is 1. The Balaban J connectivity index is 2.12. The summed E-state index contributed by atoms with van der Waals surface area (Å²) in [5, 5.41) is 1.57. The molecule has 1 aliphatic carbocycles. The molecule has 0 N–H and O–H groups in total. The Morgan fingerprint density at radius 2 is 1.45 bits per heavy atom. The van der Waals surface area contributed by atoms with Gasteiger partial charge in [-0.2, -0.15) is 0 Å². The van der Waals surface area contributed by atoms with Crippen molar-refractivity contribution in [1.82, 2.24) is 4.90 Å². The van der Waals surface area contributed by atoms with Gasteiger partial charge < -0.3 is 4.90 Å². The van der Waals surface area contributed by atoms with Gasteiger partial charge in [0, 0.05) is 21.5 Å². The van der Waals surface area contributed by atoms with Gasteiger partial charge in [0.25, 0.3) is 0 Å². The van der Waals surface area contributed by atoms with Crippen LogP contribution in [0.3, 0.4) is 0 Å². The molecule has 1 atom stereocenters. The van der Waals surface area contributed by atoms with Crippen molar-refractivity contribution in [3.8, 4) is 0 Å². The Kier molecular flexibility index (Phi) is 3.53. The predicted molar refractivity (Wildman–Crippen MR) is 85.8 cm³/mol. The number of rotatable bonds is 3. The smallest absolute Gasteiger partial charge is 0.0409 e. The van der Waals surface area contributed by atoms with E-state index in [-0.39, 0.29) is 5.41 Å². The molecular formula is C17H17Cl2N. The SMILES string of the molecule is CN(C)C1CC1(c1cccc(Cl)c1)c1cccc(Cl)c1. The van der Waals surface area contributed by atoms with Crippen LogP contribution in [0.2, 0.25) is 10.0 Å². The van der Waals surface area contributed by atoms with Gasteiger partial charge >= 0.3 is 0 Å². The van der Waals surface area contributed by atoms with Gasteiger partial charge in [-0.25, -0.2) is 0 Å². The van der Waals surface area contributed by atoms with Crippen molar-refractivity contribution in [2.75, 3.05) is 14.1 Å². The van der Waals surface area contributed by atoms with Crippen LogP contribution < -0.4 is 0 Å². The quantitative estimate of drug-likeness (QED) is 0.800. The molecule has 0 aromatic heterocycles. The van der Waals surface area contributed by atoms with Gasteiger partial charge in [-0.1, -0.05) is 47.5 Å². The Morgan fingerprint density at radius 1 is 0.950 bits per heavy atom. The third-order valence-corrected chi connectivity index (χ3v) is 4.70. The standard InChI is InChI=1S/C17H17Cl2N/c1-20(2)16-11-17(16,12-5-3-7-14(18)9-12)13-6-4-8-15(19)10-13/h3-10,16H,11H2,1-2H3. The van der Waals surface area contributed by atoms with Crippen molar-refractivity contribution in [3.63, 3.8) is 0 Å². The lowest BCUT2D eigenvalue weighted by atomic mass is 9.87. The van der Waals surface area contributed by atoms with Crippen LogP contribution in [0.15, 0.2) is 48.5 Å². The Labute approximate surface area is 130 Å². The summed E-state index contributed by atoms with van der Waals surface area (Å²) in [4.78, 5) is 2.28. The minimum Gasteiger partial charge on any atom is -0.305 e. The first-order chi connectivity index (χ1) is 9.54. The summed E-state index contributed by atoms with van der Waals surface area (Å²) < 4.78 is 0. The van der Waals surface area contributed by atoms with Crippen LogP contribution in [0, 0.1) is 0 Å². The number of nitrogens with zero attached hydrogens (tertiary/aromatic N) is 1. The first-order valence-corrected chi connectivity index (χ1v) is 7.48. The molecule has 0 saturated heterocycles. The van der Waals surface area contributed by atoms with Crippen LogP contribution in [0.1, 0.15) is 17.5 Å². The summed E-state index contributed by atoms with van der Waals surface area (Å²) in [5.41, 5.74) is 2.55. The van der Waals surface area contributed by atoms with E-state index in [1.54, 1.807) is 0 Å². The van der Waals surface area contributed by atoms with E-state index < -0.39 is 0 Å². The lowest BCUT2D eigenvalue weighted by Gasteiger charge is -2.22. The highest BCUT2D eigenvalue weighted by atomic mass is 35.5. The fraction of sp³-hybridized carbons (Fsp3) is 0.294. The molecule has 0 bridgehead atoms. The summed E-state index contributed by atoms with van der Waals surface area (Å²) in [7, 11) is 4.25. The molecule has 1 fully saturated rings. The lowest BCUT2D eigenvalue weighted by Crippen LogP contribution is -2.25. The topological polar surface area (TPSA) is 3.24 Å². The van der Waals surface area contributed by atoms with E-state index in [0.29, 0.717) is 6.04 Å². The number of likely N-dealkylation sites (N-methyl/N-ethyl adjacent to an activating group) is 1. The molecule has 0 spiro atoms. The maximum atomic E-state index is 6.19. The van der Waals surface area contributed by atoms with Crippen LogP contribution in [0.4, 0.5) is 0 Å². The van der Waals surface area contributed by atoms with Crippen LogP contribution in [-0.4, -0.2) is 25.0 Å². The van der Waals surface area contributed by atoms with Crippen molar-refractivity contribution in [3.05, 3.63) is 69.7 Å². The van der Waals surface area contributed by atoms with Gasteiger partial charge in [0.1, 0.15) is 0 Å². The van der Waals surface area contributed by atoms with Crippen molar-refractivity contribution < 1.29 is 0 Å². The van der Waals surface area contributed by atoms with Gasteiger partial charge in [-0.3, -0.25) is 0 Å². The largest absolute Gasteiger partial charge is 0.305 e. The third-order valence-electron chi connectivity index (χ3n) is 4.23. The molecule has 2 aromatic rings. The molecular weight excluding hydrogens is 289 g/mol. The van der Waals surface area contributed by atoms with Gasteiger partial charge in [-0.15, -0.1) is 0 Å². The average molecular weight is 306 g/mol. The fourth-order valence-corrected chi connectivity index (χ4v) is 3.57. The Hall–Kier alpha value is -1.02. The second-order valence-corrected chi connectivity index (χ2v) is 6.55. The van der Waals surface area contributed by atoms with Gasteiger partial charge in [0.2, 0.25) is 0 Å². The van der Waals surface area contributed by atoms with Crippen molar-refractivity contribution in [2.45, 2.75) is 17.9 Å². The summed E-state index contributed by atoms with van der Waals surface area (Å²) in [6.45, 7) is 0. The first kappa shape index (κ1) is 13.9. The van der Waals surface area contributed by atoms with E-state index >= 15 is 0 Å². The second kappa shape index (κ2) is 5.07. The van der Waals surface area contributed by atoms with Gasteiger partial charge in [-0.05, 0) is 55.9 Å². The molecule has 1 aliphatic rings. The number of benzene rings is 2.